The van der Waals surface area contributed by atoms with Crippen LogP contribution in [0.3, 0.4) is 0 Å². The normalized spacial score (nSPS) is 14.1. The third-order valence-corrected chi connectivity index (χ3v) is 4.09. The molecule has 3 rings (SSSR count). The number of ether oxygens (including phenoxy) is 2. The summed E-state index contributed by atoms with van der Waals surface area (Å²) in [6.45, 7) is 4.84. The molecule has 1 atom stereocenters. The Kier molecular flexibility index (Phi) is 5.73. The SMILES string of the molecule is Cc1ccccc1/C=N/OCC(=O)NC(C)c1ccc2c(c1)OCCO2. The van der Waals surface area contributed by atoms with Crippen LogP contribution in [0.1, 0.15) is 29.7 Å². The van der Waals surface area contributed by atoms with Gasteiger partial charge in [-0.25, -0.2) is 0 Å². The van der Waals surface area contributed by atoms with Gasteiger partial charge in [0.2, 0.25) is 0 Å². The monoisotopic (exact) mass is 354 g/mol. The van der Waals surface area contributed by atoms with E-state index in [1.165, 1.54) is 0 Å². The molecule has 0 bridgehead atoms. The van der Waals surface area contributed by atoms with Crippen LogP contribution in [0, 0.1) is 6.92 Å². The van der Waals surface area contributed by atoms with Crippen molar-refractivity contribution in [2.24, 2.45) is 5.16 Å². The van der Waals surface area contributed by atoms with Crippen LogP contribution >= 0.6 is 0 Å². The van der Waals surface area contributed by atoms with E-state index in [1.54, 1.807) is 6.21 Å². The van der Waals surface area contributed by atoms with E-state index in [4.69, 9.17) is 14.3 Å². The number of benzene rings is 2. The molecule has 2 aromatic carbocycles. The summed E-state index contributed by atoms with van der Waals surface area (Å²) in [5, 5.41) is 6.74. The van der Waals surface area contributed by atoms with Gasteiger partial charge in [0, 0.05) is 0 Å². The average Bonchev–Trinajstić information content (AvgIpc) is 2.66. The van der Waals surface area contributed by atoms with Crippen LogP contribution < -0.4 is 14.8 Å². The molecule has 6 nitrogen and oxygen atoms in total. The number of carbonyl (C=O) groups excluding carboxylic acids is 1. The van der Waals surface area contributed by atoms with Gasteiger partial charge in [-0.3, -0.25) is 4.79 Å². The Bertz CT molecular complexity index is 804. The molecule has 26 heavy (non-hydrogen) atoms. The first kappa shape index (κ1) is 17.8. The van der Waals surface area contributed by atoms with Crippen molar-refractivity contribution in [1.82, 2.24) is 5.32 Å². The largest absolute Gasteiger partial charge is 0.486 e. The van der Waals surface area contributed by atoms with E-state index in [0.29, 0.717) is 19.0 Å². The maximum absolute atomic E-state index is 12.0. The molecule has 0 aromatic heterocycles. The maximum Gasteiger partial charge on any atom is 0.261 e. The number of nitrogens with one attached hydrogen (secondary N) is 1. The van der Waals surface area contributed by atoms with Crippen LogP contribution in [0.5, 0.6) is 11.5 Å². The second-order valence-corrected chi connectivity index (χ2v) is 6.06. The standard InChI is InChI=1S/C20H22N2O4/c1-14-5-3-4-6-17(14)12-21-26-13-20(23)22-15(2)16-7-8-18-19(11-16)25-10-9-24-18/h3-8,11-12,15H,9-10,13H2,1-2H3,(H,22,23)/b21-12+. The van der Waals surface area contributed by atoms with Gasteiger partial charge < -0.3 is 19.6 Å². The first-order valence-corrected chi connectivity index (χ1v) is 8.53. The first-order chi connectivity index (χ1) is 12.6. The number of oxime groups is 1. The van der Waals surface area contributed by atoms with Crippen LogP contribution in [-0.4, -0.2) is 31.9 Å². The van der Waals surface area contributed by atoms with E-state index in [0.717, 1.165) is 22.4 Å². The molecular formula is C20H22N2O4. The number of hydrogen-bond acceptors (Lipinski definition) is 5. The second kappa shape index (κ2) is 8.38. The van der Waals surface area contributed by atoms with Crippen molar-refractivity contribution in [3.63, 3.8) is 0 Å². The third-order valence-electron chi connectivity index (χ3n) is 4.09. The van der Waals surface area contributed by atoms with Gasteiger partial charge in [0.05, 0.1) is 12.3 Å². The van der Waals surface area contributed by atoms with Crippen LogP contribution in [-0.2, 0) is 9.63 Å². The molecular weight excluding hydrogens is 332 g/mol. The third kappa shape index (κ3) is 4.53. The van der Waals surface area contributed by atoms with Crippen molar-refractivity contribution in [2.45, 2.75) is 19.9 Å². The summed E-state index contributed by atoms with van der Waals surface area (Å²) in [6.07, 6.45) is 1.60. The van der Waals surface area contributed by atoms with Crippen molar-refractivity contribution in [3.05, 3.63) is 59.2 Å². The zero-order valence-corrected chi connectivity index (χ0v) is 14.9. The zero-order valence-electron chi connectivity index (χ0n) is 14.9. The Labute approximate surface area is 152 Å². The van der Waals surface area contributed by atoms with Gasteiger partial charge in [-0.05, 0) is 42.7 Å². The summed E-state index contributed by atoms with van der Waals surface area (Å²) in [4.78, 5) is 17.1. The number of fused-ring (bicyclic) bond motifs is 1. The molecule has 1 aliphatic heterocycles. The van der Waals surface area contributed by atoms with Crippen molar-refractivity contribution in [3.8, 4) is 11.5 Å². The number of rotatable bonds is 6. The molecule has 0 radical (unpaired) electrons. The molecule has 1 amide bonds. The molecule has 0 saturated carbocycles. The zero-order chi connectivity index (χ0) is 18.4. The number of nitrogens with zero attached hydrogens (tertiary/aromatic N) is 1. The van der Waals surface area contributed by atoms with Gasteiger partial charge >= 0.3 is 0 Å². The Morgan fingerprint density at radius 2 is 2.00 bits per heavy atom. The fourth-order valence-electron chi connectivity index (χ4n) is 2.62. The minimum Gasteiger partial charge on any atom is -0.486 e. The van der Waals surface area contributed by atoms with Crippen LogP contribution in [0.4, 0.5) is 0 Å². The van der Waals surface area contributed by atoms with E-state index in [9.17, 15) is 4.79 Å². The van der Waals surface area contributed by atoms with Crippen molar-refractivity contribution in [2.75, 3.05) is 19.8 Å². The lowest BCUT2D eigenvalue weighted by Gasteiger charge is -2.21. The Hall–Kier alpha value is -3.02. The van der Waals surface area contributed by atoms with Crippen LogP contribution in [0.2, 0.25) is 0 Å². The minimum atomic E-state index is -0.241. The fraction of sp³-hybridized carbons (Fsp3) is 0.300. The van der Waals surface area contributed by atoms with Crippen molar-refractivity contribution >= 4 is 12.1 Å². The topological polar surface area (TPSA) is 69.2 Å². The highest BCUT2D eigenvalue weighted by atomic mass is 16.6. The van der Waals surface area contributed by atoms with Crippen LogP contribution in [0.25, 0.3) is 0 Å². The molecule has 1 heterocycles. The molecule has 0 spiro atoms. The highest BCUT2D eigenvalue weighted by Crippen LogP contribution is 2.32. The predicted octanol–water partition coefficient (Wildman–Crippen LogP) is 2.99. The fourth-order valence-corrected chi connectivity index (χ4v) is 2.62. The van der Waals surface area contributed by atoms with Crippen LogP contribution in [0.15, 0.2) is 47.6 Å². The smallest absolute Gasteiger partial charge is 0.261 e. The van der Waals surface area contributed by atoms with Gasteiger partial charge in [0.1, 0.15) is 13.2 Å². The molecule has 1 N–H and O–H groups in total. The molecule has 0 fully saturated rings. The summed E-state index contributed by atoms with van der Waals surface area (Å²) >= 11 is 0. The Morgan fingerprint density at radius 1 is 1.23 bits per heavy atom. The quantitative estimate of drug-likeness (QED) is 0.640. The minimum absolute atomic E-state index is 0.142. The lowest BCUT2D eigenvalue weighted by atomic mass is 10.1. The summed E-state index contributed by atoms with van der Waals surface area (Å²) in [5.74, 6) is 1.19. The number of aryl methyl sites for hydroxylation is 1. The lowest BCUT2D eigenvalue weighted by molar-refractivity contribution is -0.126. The van der Waals surface area contributed by atoms with E-state index in [2.05, 4.69) is 10.5 Å². The molecule has 136 valence electrons. The molecule has 2 aromatic rings. The van der Waals surface area contributed by atoms with Crippen molar-refractivity contribution < 1.29 is 19.1 Å². The first-order valence-electron chi connectivity index (χ1n) is 8.53. The number of amides is 1. The summed E-state index contributed by atoms with van der Waals surface area (Å²) in [6, 6.07) is 13.3. The van der Waals surface area contributed by atoms with Gasteiger partial charge in [0.15, 0.2) is 18.1 Å². The van der Waals surface area contributed by atoms with E-state index in [-0.39, 0.29) is 18.6 Å². The average molecular weight is 354 g/mol. The van der Waals surface area contributed by atoms with E-state index in [1.807, 2.05) is 56.3 Å². The molecule has 1 aliphatic rings. The van der Waals surface area contributed by atoms with E-state index >= 15 is 0 Å². The van der Waals surface area contributed by atoms with Gasteiger partial charge in [-0.1, -0.05) is 35.5 Å². The second-order valence-electron chi connectivity index (χ2n) is 6.06. The Balaban J connectivity index is 1.49. The maximum atomic E-state index is 12.0. The number of hydrogen-bond donors (Lipinski definition) is 1. The van der Waals surface area contributed by atoms with Gasteiger partial charge in [-0.15, -0.1) is 0 Å². The molecule has 1 unspecified atom stereocenters. The lowest BCUT2D eigenvalue weighted by Crippen LogP contribution is -2.29. The van der Waals surface area contributed by atoms with Gasteiger partial charge in [-0.2, -0.15) is 0 Å². The summed E-state index contributed by atoms with van der Waals surface area (Å²) in [5.41, 5.74) is 2.99. The van der Waals surface area contributed by atoms with Crippen molar-refractivity contribution in [1.29, 1.82) is 0 Å². The Morgan fingerprint density at radius 3 is 2.81 bits per heavy atom. The molecule has 6 heteroatoms. The number of carbonyl (C=O) groups is 1. The summed E-state index contributed by atoms with van der Waals surface area (Å²) in [7, 11) is 0. The molecule has 0 saturated heterocycles. The highest BCUT2D eigenvalue weighted by Gasteiger charge is 2.15. The van der Waals surface area contributed by atoms with E-state index < -0.39 is 0 Å². The highest BCUT2D eigenvalue weighted by molar-refractivity contribution is 5.81. The van der Waals surface area contributed by atoms with Gasteiger partial charge in [0.25, 0.3) is 5.91 Å². The predicted molar refractivity (Wildman–Crippen MR) is 98.7 cm³/mol. The molecule has 0 aliphatic carbocycles. The summed E-state index contributed by atoms with van der Waals surface area (Å²) < 4.78 is 11.1.